The molecule has 0 N–H and O–H groups in total. The van der Waals surface area contributed by atoms with Crippen LogP contribution in [0.3, 0.4) is 0 Å². The van der Waals surface area contributed by atoms with E-state index >= 15 is 0 Å². The van der Waals surface area contributed by atoms with Crippen LogP contribution in [0.1, 0.15) is 50.5 Å². The molecular formula is C22H32N2O2. The molecule has 1 saturated carbocycles. The van der Waals surface area contributed by atoms with E-state index in [4.69, 9.17) is 4.74 Å². The van der Waals surface area contributed by atoms with E-state index in [0.29, 0.717) is 24.0 Å². The van der Waals surface area contributed by atoms with Gasteiger partial charge >= 0.3 is 0 Å². The highest BCUT2D eigenvalue weighted by molar-refractivity contribution is 5.78. The lowest BCUT2D eigenvalue weighted by Crippen LogP contribution is -2.54. The first-order chi connectivity index (χ1) is 12.7. The highest BCUT2D eigenvalue weighted by Crippen LogP contribution is 2.42. The van der Waals surface area contributed by atoms with Crippen molar-refractivity contribution < 1.29 is 9.53 Å². The maximum atomic E-state index is 12.2. The minimum absolute atomic E-state index is 0.361. The van der Waals surface area contributed by atoms with E-state index in [-0.39, 0.29) is 0 Å². The second kappa shape index (κ2) is 8.10. The number of hydrogen-bond acceptors (Lipinski definition) is 3. The van der Waals surface area contributed by atoms with Gasteiger partial charge in [-0.1, -0.05) is 30.3 Å². The summed E-state index contributed by atoms with van der Waals surface area (Å²) in [5.74, 6) is 0.407. The predicted octanol–water partition coefficient (Wildman–Crippen LogP) is 3.46. The number of hydrogen-bond donors (Lipinski definition) is 0. The molecule has 4 rings (SSSR count). The van der Waals surface area contributed by atoms with Gasteiger partial charge in [-0.2, -0.15) is 0 Å². The Balaban J connectivity index is 1.20. The first kappa shape index (κ1) is 18.0. The van der Waals surface area contributed by atoms with Crippen molar-refractivity contribution in [1.82, 2.24) is 9.80 Å². The molecule has 1 amide bonds. The predicted molar refractivity (Wildman–Crippen MR) is 103 cm³/mol. The van der Waals surface area contributed by atoms with Crippen LogP contribution in [0.4, 0.5) is 0 Å². The Morgan fingerprint density at radius 2 is 1.96 bits per heavy atom. The van der Waals surface area contributed by atoms with E-state index < -0.39 is 0 Å². The molecule has 1 aliphatic carbocycles. The fourth-order valence-corrected chi connectivity index (χ4v) is 4.75. The van der Waals surface area contributed by atoms with Gasteiger partial charge in [0.25, 0.3) is 0 Å². The molecule has 2 aliphatic heterocycles. The highest BCUT2D eigenvalue weighted by atomic mass is 16.5. The van der Waals surface area contributed by atoms with E-state index in [1.54, 1.807) is 0 Å². The molecule has 1 aromatic rings. The number of nitrogens with zero attached hydrogens (tertiary/aromatic N) is 2. The molecule has 2 heterocycles. The molecule has 26 heavy (non-hydrogen) atoms. The third-order valence-electron chi connectivity index (χ3n) is 6.30. The number of rotatable bonds is 7. The molecule has 142 valence electrons. The molecule has 1 spiro atoms. The van der Waals surface area contributed by atoms with Gasteiger partial charge in [-0.15, -0.1) is 0 Å². The van der Waals surface area contributed by atoms with E-state index in [0.717, 1.165) is 39.0 Å². The standard InChI is InChI=1S/C22H32N2O2/c25-21-10-12-22(18-24(21)20-8-9-20)11-4-13-23(17-22)14-5-15-26-16-19-6-2-1-3-7-19/h1-3,6-7,20H,4-5,8-18H2/t22-/m0/s1. The van der Waals surface area contributed by atoms with Crippen molar-refractivity contribution >= 4 is 5.91 Å². The number of carbonyl (C=O) groups excluding carboxylic acids is 1. The molecule has 4 heteroatoms. The molecule has 4 nitrogen and oxygen atoms in total. The van der Waals surface area contributed by atoms with Gasteiger partial charge in [-0.25, -0.2) is 0 Å². The Labute approximate surface area is 157 Å². The Kier molecular flexibility index (Phi) is 5.60. The summed E-state index contributed by atoms with van der Waals surface area (Å²) in [6.07, 6.45) is 7.98. The lowest BCUT2D eigenvalue weighted by atomic mass is 9.73. The maximum absolute atomic E-state index is 12.2. The summed E-state index contributed by atoms with van der Waals surface area (Å²) < 4.78 is 5.84. The van der Waals surface area contributed by atoms with Crippen LogP contribution in [0.2, 0.25) is 0 Å². The third kappa shape index (κ3) is 4.47. The highest BCUT2D eigenvalue weighted by Gasteiger charge is 2.45. The third-order valence-corrected chi connectivity index (χ3v) is 6.30. The number of benzene rings is 1. The van der Waals surface area contributed by atoms with Crippen molar-refractivity contribution in [3.63, 3.8) is 0 Å². The van der Waals surface area contributed by atoms with Gasteiger partial charge < -0.3 is 14.5 Å². The van der Waals surface area contributed by atoms with Gasteiger partial charge in [0.2, 0.25) is 5.91 Å². The number of carbonyl (C=O) groups is 1. The molecule has 2 saturated heterocycles. The molecule has 1 atom stereocenters. The van der Waals surface area contributed by atoms with Crippen molar-refractivity contribution in [2.24, 2.45) is 5.41 Å². The Bertz CT molecular complexity index is 601. The van der Waals surface area contributed by atoms with Crippen molar-refractivity contribution in [1.29, 1.82) is 0 Å². The molecule has 1 aromatic carbocycles. The van der Waals surface area contributed by atoms with Crippen molar-refractivity contribution in [2.75, 3.05) is 32.8 Å². The van der Waals surface area contributed by atoms with E-state index in [9.17, 15) is 4.79 Å². The second-order valence-electron chi connectivity index (χ2n) is 8.52. The van der Waals surface area contributed by atoms with Crippen molar-refractivity contribution in [3.05, 3.63) is 35.9 Å². The van der Waals surface area contributed by atoms with E-state index in [2.05, 4.69) is 34.1 Å². The molecule has 3 aliphatic rings. The summed E-state index contributed by atoms with van der Waals surface area (Å²) in [7, 11) is 0. The largest absolute Gasteiger partial charge is 0.377 e. The van der Waals surface area contributed by atoms with Crippen LogP contribution in [-0.2, 0) is 16.1 Å². The van der Waals surface area contributed by atoms with Gasteiger partial charge in [-0.05, 0) is 50.6 Å². The maximum Gasteiger partial charge on any atom is 0.222 e. The van der Waals surface area contributed by atoms with Crippen molar-refractivity contribution in [3.8, 4) is 0 Å². The molecule has 0 radical (unpaired) electrons. The molecular weight excluding hydrogens is 324 g/mol. The van der Waals surface area contributed by atoms with Crippen LogP contribution in [0, 0.1) is 5.41 Å². The van der Waals surface area contributed by atoms with Gasteiger partial charge in [0, 0.05) is 44.1 Å². The summed E-state index contributed by atoms with van der Waals surface area (Å²) in [5.41, 5.74) is 1.61. The smallest absolute Gasteiger partial charge is 0.222 e. The lowest BCUT2D eigenvalue weighted by Gasteiger charge is -2.48. The Hall–Kier alpha value is -1.39. The zero-order valence-corrected chi connectivity index (χ0v) is 15.9. The van der Waals surface area contributed by atoms with Crippen LogP contribution in [0.5, 0.6) is 0 Å². The monoisotopic (exact) mass is 356 g/mol. The quantitative estimate of drug-likeness (QED) is 0.702. The minimum Gasteiger partial charge on any atom is -0.377 e. The fourth-order valence-electron chi connectivity index (χ4n) is 4.75. The van der Waals surface area contributed by atoms with Crippen LogP contribution in [0.25, 0.3) is 0 Å². The number of amides is 1. The van der Waals surface area contributed by atoms with Gasteiger partial charge in [0.15, 0.2) is 0 Å². The first-order valence-electron chi connectivity index (χ1n) is 10.4. The number of ether oxygens (including phenoxy) is 1. The normalized spacial score (nSPS) is 27.2. The van der Waals surface area contributed by atoms with Crippen LogP contribution in [0.15, 0.2) is 30.3 Å². The summed E-state index contributed by atoms with van der Waals surface area (Å²) in [4.78, 5) is 17.1. The van der Waals surface area contributed by atoms with Gasteiger partial charge in [0.05, 0.1) is 6.61 Å². The Morgan fingerprint density at radius 1 is 1.12 bits per heavy atom. The van der Waals surface area contributed by atoms with Gasteiger partial charge in [-0.3, -0.25) is 4.79 Å². The van der Waals surface area contributed by atoms with Crippen LogP contribution < -0.4 is 0 Å². The fraction of sp³-hybridized carbons (Fsp3) is 0.682. The topological polar surface area (TPSA) is 32.8 Å². The zero-order chi connectivity index (χ0) is 17.8. The molecule has 0 unspecified atom stereocenters. The SMILES string of the molecule is O=C1CC[C@]2(CCCN(CCCOCc3ccccc3)C2)CN1C1CC1. The van der Waals surface area contributed by atoms with Crippen LogP contribution >= 0.6 is 0 Å². The number of piperidine rings is 2. The summed E-state index contributed by atoms with van der Waals surface area (Å²) in [6, 6.07) is 11.0. The lowest BCUT2D eigenvalue weighted by molar-refractivity contribution is -0.140. The van der Waals surface area contributed by atoms with E-state index in [1.165, 1.54) is 44.3 Å². The molecule has 0 aromatic heterocycles. The summed E-state index contributed by atoms with van der Waals surface area (Å²) in [5, 5.41) is 0. The molecule has 3 fully saturated rings. The van der Waals surface area contributed by atoms with Crippen molar-refractivity contribution in [2.45, 2.75) is 57.6 Å². The van der Waals surface area contributed by atoms with E-state index in [1.807, 2.05) is 6.07 Å². The first-order valence-corrected chi connectivity index (χ1v) is 10.4. The van der Waals surface area contributed by atoms with Gasteiger partial charge in [0.1, 0.15) is 0 Å². The molecule has 0 bridgehead atoms. The Morgan fingerprint density at radius 3 is 2.77 bits per heavy atom. The summed E-state index contributed by atoms with van der Waals surface area (Å²) in [6.45, 7) is 6.04. The second-order valence-corrected chi connectivity index (χ2v) is 8.52. The van der Waals surface area contributed by atoms with Crippen LogP contribution in [-0.4, -0.2) is 54.5 Å². The number of likely N-dealkylation sites (tertiary alicyclic amines) is 2. The average molecular weight is 357 g/mol. The zero-order valence-electron chi connectivity index (χ0n) is 15.9. The minimum atomic E-state index is 0.361. The average Bonchev–Trinajstić information content (AvgIpc) is 3.50. The summed E-state index contributed by atoms with van der Waals surface area (Å²) >= 11 is 0.